The highest BCUT2D eigenvalue weighted by Crippen LogP contribution is 2.09. The Morgan fingerprint density at radius 3 is 2.76 bits per heavy atom. The standard InChI is InChI=1S/C10H10N4O2S/c15-14(16)9-5-12-10(13-6-9)11-3-1-8-2-4-17-7-8/h2,4-7H,1,3H2,(H,11,12,13). The van der Waals surface area contributed by atoms with E-state index in [9.17, 15) is 10.1 Å². The van der Waals surface area contributed by atoms with E-state index in [1.54, 1.807) is 11.3 Å². The smallest absolute Gasteiger partial charge is 0.305 e. The molecule has 1 N–H and O–H groups in total. The summed E-state index contributed by atoms with van der Waals surface area (Å²) in [5.41, 5.74) is 1.15. The molecule has 2 aromatic rings. The molecule has 0 bridgehead atoms. The quantitative estimate of drug-likeness (QED) is 0.649. The molecule has 2 rings (SSSR count). The largest absolute Gasteiger partial charge is 0.354 e. The van der Waals surface area contributed by atoms with Gasteiger partial charge < -0.3 is 5.32 Å². The van der Waals surface area contributed by atoms with Crippen molar-refractivity contribution in [1.82, 2.24) is 9.97 Å². The summed E-state index contributed by atoms with van der Waals surface area (Å²) in [6.45, 7) is 0.703. The number of hydrogen-bond acceptors (Lipinski definition) is 6. The summed E-state index contributed by atoms with van der Waals surface area (Å²) in [5.74, 6) is 0.408. The summed E-state index contributed by atoms with van der Waals surface area (Å²) in [4.78, 5) is 17.6. The molecular formula is C10H10N4O2S. The summed E-state index contributed by atoms with van der Waals surface area (Å²) >= 11 is 1.66. The second-order valence-corrected chi connectivity index (χ2v) is 4.11. The third kappa shape index (κ3) is 3.22. The van der Waals surface area contributed by atoms with E-state index in [1.807, 2.05) is 5.38 Å². The van der Waals surface area contributed by atoms with Crippen LogP contribution in [0.25, 0.3) is 0 Å². The lowest BCUT2D eigenvalue weighted by Crippen LogP contribution is -2.07. The van der Waals surface area contributed by atoms with E-state index in [4.69, 9.17) is 0 Å². The predicted octanol–water partition coefficient (Wildman–Crippen LogP) is 2.10. The fourth-order valence-corrected chi connectivity index (χ4v) is 1.96. The zero-order chi connectivity index (χ0) is 12.1. The Bertz CT molecular complexity index is 484. The van der Waals surface area contributed by atoms with Crippen LogP contribution in [0.2, 0.25) is 0 Å². The second-order valence-electron chi connectivity index (χ2n) is 3.33. The Morgan fingerprint density at radius 1 is 1.41 bits per heavy atom. The molecule has 0 saturated heterocycles. The van der Waals surface area contributed by atoms with Gasteiger partial charge in [0.05, 0.1) is 4.92 Å². The number of rotatable bonds is 5. The number of thiophene rings is 1. The molecule has 2 aromatic heterocycles. The number of nitrogens with zero attached hydrogens (tertiary/aromatic N) is 3. The molecule has 0 aliphatic rings. The normalized spacial score (nSPS) is 10.1. The first-order chi connectivity index (χ1) is 8.25. The number of nitro groups is 1. The lowest BCUT2D eigenvalue weighted by Gasteiger charge is -2.02. The Balaban J connectivity index is 1.85. The van der Waals surface area contributed by atoms with Crippen LogP contribution in [-0.2, 0) is 6.42 Å². The molecule has 17 heavy (non-hydrogen) atoms. The van der Waals surface area contributed by atoms with Crippen LogP contribution in [0.1, 0.15) is 5.56 Å². The van der Waals surface area contributed by atoms with E-state index < -0.39 is 4.92 Å². The van der Waals surface area contributed by atoms with Crippen LogP contribution in [0.4, 0.5) is 11.6 Å². The number of aromatic nitrogens is 2. The Hall–Kier alpha value is -2.02. The molecular weight excluding hydrogens is 240 g/mol. The molecule has 0 spiro atoms. The molecule has 0 saturated carbocycles. The van der Waals surface area contributed by atoms with Gasteiger partial charge in [-0.2, -0.15) is 11.3 Å². The van der Waals surface area contributed by atoms with Crippen LogP contribution in [0, 0.1) is 10.1 Å². The predicted molar refractivity (Wildman–Crippen MR) is 65.2 cm³/mol. The fraction of sp³-hybridized carbons (Fsp3) is 0.200. The highest BCUT2D eigenvalue weighted by Gasteiger charge is 2.05. The molecule has 0 fully saturated rings. The van der Waals surface area contributed by atoms with Gasteiger partial charge in [0.15, 0.2) is 0 Å². The van der Waals surface area contributed by atoms with Crippen LogP contribution in [0.3, 0.4) is 0 Å². The zero-order valence-electron chi connectivity index (χ0n) is 8.87. The highest BCUT2D eigenvalue weighted by molar-refractivity contribution is 7.07. The third-order valence-electron chi connectivity index (χ3n) is 2.13. The summed E-state index contributed by atoms with van der Waals surface area (Å²) in [6.07, 6.45) is 3.27. The second kappa shape index (κ2) is 5.35. The van der Waals surface area contributed by atoms with Crippen molar-refractivity contribution in [3.8, 4) is 0 Å². The topological polar surface area (TPSA) is 81.0 Å². The van der Waals surface area contributed by atoms with Crippen LogP contribution in [0.15, 0.2) is 29.2 Å². The molecule has 0 radical (unpaired) electrons. The minimum Gasteiger partial charge on any atom is -0.354 e. The van der Waals surface area contributed by atoms with Crippen molar-refractivity contribution in [2.75, 3.05) is 11.9 Å². The summed E-state index contributed by atoms with van der Waals surface area (Å²) < 4.78 is 0. The Morgan fingerprint density at radius 2 is 2.18 bits per heavy atom. The van der Waals surface area contributed by atoms with Crippen molar-refractivity contribution < 1.29 is 4.92 Å². The van der Waals surface area contributed by atoms with Crippen molar-refractivity contribution in [1.29, 1.82) is 0 Å². The summed E-state index contributed by atoms with van der Waals surface area (Å²) in [6, 6.07) is 2.06. The molecule has 0 aliphatic carbocycles. The first-order valence-electron chi connectivity index (χ1n) is 4.97. The third-order valence-corrected chi connectivity index (χ3v) is 2.86. The molecule has 88 valence electrons. The summed E-state index contributed by atoms with van der Waals surface area (Å²) in [5, 5.41) is 17.5. The number of hydrogen-bond donors (Lipinski definition) is 1. The monoisotopic (exact) mass is 250 g/mol. The SMILES string of the molecule is O=[N+]([O-])c1cnc(NCCc2ccsc2)nc1. The van der Waals surface area contributed by atoms with E-state index in [-0.39, 0.29) is 5.69 Å². The van der Waals surface area contributed by atoms with Gasteiger partial charge in [-0.05, 0) is 28.8 Å². The first kappa shape index (κ1) is 11.5. The van der Waals surface area contributed by atoms with Crippen molar-refractivity contribution >= 4 is 23.0 Å². The average Bonchev–Trinajstić information content (AvgIpc) is 2.83. The molecule has 0 aliphatic heterocycles. The van der Waals surface area contributed by atoms with Gasteiger partial charge in [0.2, 0.25) is 5.95 Å². The van der Waals surface area contributed by atoms with E-state index in [1.165, 1.54) is 18.0 Å². The fourth-order valence-electron chi connectivity index (χ4n) is 1.26. The lowest BCUT2D eigenvalue weighted by atomic mass is 10.2. The minimum absolute atomic E-state index is 0.103. The first-order valence-corrected chi connectivity index (χ1v) is 5.91. The maximum Gasteiger partial charge on any atom is 0.305 e. The highest BCUT2D eigenvalue weighted by atomic mass is 32.1. The molecule has 7 heteroatoms. The lowest BCUT2D eigenvalue weighted by molar-refractivity contribution is -0.385. The molecule has 2 heterocycles. The van der Waals surface area contributed by atoms with Crippen LogP contribution in [-0.4, -0.2) is 21.4 Å². The summed E-state index contributed by atoms with van der Waals surface area (Å²) in [7, 11) is 0. The van der Waals surface area contributed by atoms with Crippen molar-refractivity contribution in [2.45, 2.75) is 6.42 Å². The van der Waals surface area contributed by atoms with Crippen molar-refractivity contribution in [3.63, 3.8) is 0 Å². The van der Waals surface area contributed by atoms with E-state index in [0.717, 1.165) is 6.42 Å². The molecule has 0 amide bonds. The maximum atomic E-state index is 10.4. The van der Waals surface area contributed by atoms with Gasteiger partial charge in [-0.3, -0.25) is 10.1 Å². The van der Waals surface area contributed by atoms with Gasteiger partial charge in [-0.25, -0.2) is 9.97 Å². The number of anilines is 1. The van der Waals surface area contributed by atoms with E-state index in [2.05, 4.69) is 26.7 Å². The molecule has 0 atom stereocenters. The Labute approximate surface area is 102 Å². The molecule has 0 aromatic carbocycles. The van der Waals surface area contributed by atoms with Crippen LogP contribution in [0.5, 0.6) is 0 Å². The van der Waals surface area contributed by atoms with Crippen molar-refractivity contribution in [3.05, 3.63) is 44.9 Å². The Kier molecular flexibility index (Phi) is 3.61. The minimum atomic E-state index is -0.519. The zero-order valence-corrected chi connectivity index (χ0v) is 9.68. The van der Waals surface area contributed by atoms with Gasteiger partial charge in [0.25, 0.3) is 0 Å². The van der Waals surface area contributed by atoms with Gasteiger partial charge in [-0.15, -0.1) is 0 Å². The maximum absolute atomic E-state index is 10.4. The van der Waals surface area contributed by atoms with Gasteiger partial charge >= 0.3 is 5.69 Å². The average molecular weight is 250 g/mol. The van der Waals surface area contributed by atoms with Gasteiger partial charge in [0, 0.05) is 6.54 Å². The van der Waals surface area contributed by atoms with Crippen LogP contribution >= 0.6 is 11.3 Å². The molecule has 0 unspecified atom stereocenters. The van der Waals surface area contributed by atoms with Gasteiger partial charge in [-0.1, -0.05) is 0 Å². The molecule has 6 nitrogen and oxygen atoms in total. The van der Waals surface area contributed by atoms with Crippen LogP contribution < -0.4 is 5.32 Å². The van der Waals surface area contributed by atoms with Crippen molar-refractivity contribution in [2.24, 2.45) is 0 Å². The van der Waals surface area contributed by atoms with E-state index >= 15 is 0 Å². The van der Waals surface area contributed by atoms with E-state index in [0.29, 0.717) is 12.5 Å². The number of nitrogens with one attached hydrogen (secondary N) is 1. The van der Waals surface area contributed by atoms with Gasteiger partial charge in [0.1, 0.15) is 12.4 Å².